The first-order valence-electron chi connectivity index (χ1n) is 30.4. The highest BCUT2D eigenvalue weighted by atomic mass is 16.7. The van der Waals surface area contributed by atoms with E-state index in [1.807, 2.05) is 0 Å². The quantitative estimate of drug-likeness (QED) is 0.0204. The molecule has 75 heavy (non-hydrogen) atoms. The first-order chi connectivity index (χ1) is 36.6. The summed E-state index contributed by atoms with van der Waals surface area (Å²) < 4.78 is 22.8. The summed E-state index contributed by atoms with van der Waals surface area (Å²) in [7, 11) is 0. The zero-order valence-corrected chi connectivity index (χ0v) is 47.0. The number of allylic oxidation sites excluding steroid dienone is 8. The summed E-state index contributed by atoms with van der Waals surface area (Å²) in [6.07, 6.45) is 41.0. The summed E-state index contributed by atoms with van der Waals surface area (Å²) in [4.78, 5) is 13.3. The molecule has 14 heteroatoms. The number of carbonyl (C=O) groups is 1. The topological polar surface area (TPSA) is 228 Å². The third-order valence-electron chi connectivity index (χ3n) is 14.8. The maximum absolute atomic E-state index is 13.3. The summed E-state index contributed by atoms with van der Waals surface area (Å²) >= 11 is 0. The van der Waals surface area contributed by atoms with E-state index in [-0.39, 0.29) is 12.5 Å². The molecule has 1 amide bonds. The third-order valence-corrected chi connectivity index (χ3v) is 14.8. The van der Waals surface area contributed by atoms with Gasteiger partial charge in [0.1, 0.15) is 48.8 Å². The molecule has 438 valence electrons. The molecule has 0 saturated carbocycles. The van der Waals surface area contributed by atoms with Gasteiger partial charge in [-0.05, 0) is 51.4 Å². The molecule has 12 unspecified atom stereocenters. The molecule has 0 spiro atoms. The molecule has 0 bridgehead atoms. The summed E-state index contributed by atoms with van der Waals surface area (Å²) in [5.74, 6) is -0.214. The van der Waals surface area contributed by atoms with Crippen LogP contribution in [0.3, 0.4) is 0 Å². The van der Waals surface area contributed by atoms with Crippen molar-refractivity contribution < 1.29 is 64.6 Å². The largest absolute Gasteiger partial charge is 0.394 e. The number of nitrogens with one attached hydrogen (secondary N) is 1. The number of rotatable bonds is 48. The van der Waals surface area contributed by atoms with Gasteiger partial charge in [-0.1, -0.05) is 229 Å². The van der Waals surface area contributed by atoms with Crippen molar-refractivity contribution in [3.63, 3.8) is 0 Å². The van der Waals surface area contributed by atoms with Crippen LogP contribution >= 0.6 is 0 Å². The molecule has 2 rings (SSSR count). The predicted octanol–water partition coefficient (Wildman–Crippen LogP) is 10.4. The lowest BCUT2D eigenvalue weighted by atomic mass is 9.97. The van der Waals surface area contributed by atoms with Crippen molar-refractivity contribution in [2.45, 2.75) is 312 Å². The Balaban J connectivity index is 1.75. The highest BCUT2D eigenvalue weighted by molar-refractivity contribution is 5.76. The second-order valence-corrected chi connectivity index (χ2v) is 21.5. The highest BCUT2D eigenvalue weighted by Crippen LogP contribution is 2.30. The molecule has 2 heterocycles. The normalized spacial score (nSPS) is 25.4. The Hall–Kier alpha value is -2.05. The van der Waals surface area contributed by atoms with Gasteiger partial charge in [0.05, 0.1) is 32.0 Å². The summed E-state index contributed by atoms with van der Waals surface area (Å²) in [5, 5.41) is 87.3. The number of amides is 1. The van der Waals surface area contributed by atoms with E-state index in [9.17, 15) is 45.6 Å². The number of aliphatic hydroxyl groups is 8. The average molecular weight is 1070 g/mol. The van der Waals surface area contributed by atoms with Gasteiger partial charge in [0.2, 0.25) is 5.91 Å². The van der Waals surface area contributed by atoms with Gasteiger partial charge in [0, 0.05) is 6.42 Å². The van der Waals surface area contributed by atoms with Gasteiger partial charge in [-0.2, -0.15) is 0 Å². The molecule has 0 aromatic rings. The first kappa shape index (κ1) is 69.1. The van der Waals surface area contributed by atoms with Crippen LogP contribution in [0.4, 0.5) is 0 Å². The zero-order chi connectivity index (χ0) is 54.6. The maximum Gasteiger partial charge on any atom is 0.220 e. The van der Waals surface area contributed by atoms with E-state index in [4.69, 9.17) is 18.9 Å². The Bertz CT molecular complexity index is 1440. The van der Waals surface area contributed by atoms with Crippen LogP contribution in [0.1, 0.15) is 239 Å². The molecule has 2 fully saturated rings. The standard InChI is InChI=1S/C61H111NO13/c1-3-5-7-9-11-13-15-17-19-21-23-25-27-29-31-33-35-37-39-41-43-45-53(66)62-49(50(65)44-42-40-38-36-34-32-30-28-26-24-22-20-18-16-14-12-10-8-6-4-2)48-72-60-58(71)56(69)59(52(47-64)74-60)75-61-57(70)55(68)54(67)51(46-63)73-61/h5,7,11,13,17,19,23,25,49-52,54-61,63-65,67-71H,3-4,6,8-10,12,14-16,18,20-22,24,26-48H2,1-2H3,(H,62,66)/b7-5-,13-11-,19-17-,25-23-. The second-order valence-electron chi connectivity index (χ2n) is 21.5. The maximum atomic E-state index is 13.3. The van der Waals surface area contributed by atoms with Crippen molar-refractivity contribution >= 4 is 5.91 Å². The van der Waals surface area contributed by atoms with Gasteiger partial charge < -0.3 is 65.1 Å². The Morgan fingerprint density at radius 1 is 0.493 bits per heavy atom. The van der Waals surface area contributed by atoms with Crippen LogP contribution in [0.25, 0.3) is 0 Å². The van der Waals surface area contributed by atoms with Crippen molar-refractivity contribution in [3.8, 4) is 0 Å². The number of aliphatic hydroxyl groups excluding tert-OH is 8. The van der Waals surface area contributed by atoms with Crippen LogP contribution in [-0.4, -0.2) is 140 Å². The van der Waals surface area contributed by atoms with E-state index in [0.29, 0.717) is 19.3 Å². The van der Waals surface area contributed by atoms with Crippen LogP contribution in [0, 0.1) is 0 Å². The minimum Gasteiger partial charge on any atom is -0.394 e. The number of ether oxygens (including phenoxy) is 4. The molecule has 0 aliphatic carbocycles. The predicted molar refractivity (Wildman–Crippen MR) is 300 cm³/mol. The van der Waals surface area contributed by atoms with Crippen LogP contribution in [0.5, 0.6) is 0 Å². The molecule has 2 aliphatic rings. The van der Waals surface area contributed by atoms with Crippen LogP contribution in [-0.2, 0) is 23.7 Å². The Labute approximate surface area is 454 Å². The fourth-order valence-corrected chi connectivity index (χ4v) is 9.94. The van der Waals surface area contributed by atoms with Gasteiger partial charge in [-0.3, -0.25) is 4.79 Å². The number of hydrogen-bond donors (Lipinski definition) is 9. The molecular weight excluding hydrogens is 955 g/mol. The van der Waals surface area contributed by atoms with Crippen molar-refractivity contribution in [1.82, 2.24) is 5.32 Å². The van der Waals surface area contributed by atoms with Gasteiger partial charge in [0.15, 0.2) is 12.6 Å². The lowest BCUT2D eigenvalue weighted by Crippen LogP contribution is -2.65. The Morgan fingerprint density at radius 3 is 1.41 bits per heavy atom. The van der Waals surface area contributed by atoms with E-state index in [1.165, 1.54) is 128 Å². The van der Waals surface area contributed by atoms with E-state index >= 15 is 0 Å². The second kappa shape index (κ2) is 46.8. The van der Waals surface area contributed by atoms with Gasteiger partial charge in [-0.25, -0.2) is 0 Å². The monoisotopic (exact) mass is 1070 g/mol. The number of hydrogen-bond acceptors (Lipinski definition) is 13. The summed E-state index contributed by atoms with van der Waals surface area (Å²) in [5.41, 5.74) is 0. The molecule has 14 nitrogen and oxygen atoms in total. The third kappa shape index (κ3) is 32.6. The lowest BCUT2D eigenvalue weighted by Gasteiger charge is -2.46. The molecular formula is C61H111NO13. The van der Waals surface area contributed by atoms with Crippen LogP contribution in [0.2, 0.25) is 0 Å². The van der Waals surface area contributed by atoms with E-state index in [1.54, 1.807) is 0 Å². The lowest BCUT2D eigenvalue weighted by molar-refractivity contribution is -0.359. The SMILES string of the molecule is CC/C=C\C/C=C\C/C=C\C/C=C\CCCCCCCCCCC(=O)NC(COC1OC(CO)C(OC2OC(CO)C(O)C(O)C2O)C(O)C1O)C(O)CCCCCCCCCCCCCCCCCCCCCC. The van der Waals surface area contributed by atoms with E-state index in [2.05, 4.69) is 67.8 Å². The Morgan fingerprint density at radius 2 is 0.920 bits per heavy atom. The fraction of sp³-hybridized carbons (Fsp3) is 0.852. The minimum absolute atomic E-state index is 0.214. The first-order valence-corrected chi connectivity index (χ1v) is 30.4. The smallest absolute Gasteiger partial charge is 0.220 e. The molecule has 2 saturated heterocycles. The van der Waals surface area contributed by atoms with Gasteiger partial charge >= 0.3 is 0 Å². The summed E-state index contributed by atoms with van der Waals surface area (Å²) in [6, 6.07) is -0.835. The van der Waals surface area contributed by atoms with Crippen molar-refractivity contribution in [2.75, 3.05) is 19.8 Å². The summed E-state index contributed by atoms with van der Waals surface area (Å²) in [6.45, 7) is 2.76. The molecule has 9 N–H and O–H groups in total. The Kier molecular flexibility index (Phi) is 43.1. The molecule has 2 aliphatic heterocycles. The highest BCUT2D eigenvalue weighted by Gasteiger charge is 2.51. The molecule has 0 radical (unpaired) electrons. The zero-order valence-electron chi connectivity index (χ0n) is 47.0. The molecule has 0 aromatic heterocycles. The van der Waals surface area contributed by atoms with Gasteiger partial charge in [-0.15, -0.1) is 0 Å². The molecule has 12 atom stereocenters. The van der Waals surface area contributed by atoms with Crippen molar-refractivity contribution in [1.29, 1.82) is 0 Å². The van der Waals surface area contributed by atoms with Crippen LogP contribution < -0.4 is 5.32 Å². The van der Waals surface area contributed by atoms with E-state index in [0.717, 1.165) is 77.0 Å². The molecule has 0 aromatic carbocycles. The van der Waals surface area contributed by atoms with E-state index < -0.39 is 86.8 Å². The van der Waals surface area contributed by atoms with Crippen molar-refractivity contribution in [2.24, 2.45) is 0 Å². The number of carbonyl (C=O) groups excluding carboxylic acids is 1. The van der Waals surface area contributed by atoms with Gasteiger partial charge in [0.25, 0.3) is 0 Å². The fourth-order valence-electron chi connectivity index (χ4n) is 9.94. The number of unbranched alkanes of at least 4 members (excludes halogenated alkanes) is 27. The minimum atomic E-state index is -1.78. The van der Waals surface area contributed by atoms with Crippen LogP contribution in [0.15, 0.2) is 48.6 Å². The average Bonchev–Trinajstić information content (AvgIpc) is 3.41. The van der Waals surface area contributed by atoms with Crippen molar-refractivity contribution in [3.05, 3.63) is 48.6 Å².